The second-order valence-corrected chi connectivity index (χ2v) is 4.04. The Bertz CT molecular complexity index is 410. The van der Waals surface area contributed by atoms with Crippen molar-refractivity contribution in [2.75, 3.05) is 12.4 Å². The van der Waals surface area contributed by atoms with Crippen molar-refractivity contribution in [3.63, 3.8) is 0 Å². The van der Waals surface area contributed by atoms with Crippen molar-refractivity contribution in [1.82, 2.24) is 9.55 Å². The van der Waals surface area contributed by atoms with E-state index >= 15 is 0 Å². The largest absolute Gasteiger partial charge is 0.381 e. The Kier molecular flexibility index (Phi) is 3.24. The van der Waals surface area contributed by atoms with Gasteiger partial charge in [0.1, 0.15) is 0 Å². The first-order valence-electron chi connectivity index (χ1n) is 5.59. The summed E-state index contributed by atoms with van der Waals surface area (Å²) in [6.45, 7) is 2.61. The molecule has 16 heavy (non-hydrogen) atoms. The predicted octanol–water partition coefficient (Wildman–Crippen LogP) is 0.852. The van der Waals surface area contributed by atoms with Crippen LogP contribution in [0, 0.1) is 0 Å². The molecule has 1 aromatic rings. The minimum atomic E-state index is -0.0501. The lowest BCUT2D eigenvalue weighted by molar-refractivity contribution is 0.0327. The molecule has 0 spiro atoms. The minimum Gasteiger partial charge on any atom is -0.381 e. The van der Waals surface area contributed by atoms with E-state index in [-0.39, 0.29) is 5.56 Å². The lowest BCUT2D eigenvalue weighted by Gasteiger charge is -2.34. The molecule has 1 aliphatic rings. The number of rotatable bonds is 4. The van der Waals surface area contributed by atoms with Crippen molar-refractivity contribution in [1.29, 1.82) is 0 Å². The van der Waals surface area contributed by atoms with Crippen LogP contribution in [0.2, 0.25) is 0 Å². The van der Waals surface area contributed by atoms with Gasteiger partial charge in [0.05, 0.1) is 6.10 Å². The number of hydrogen-bond donors (Lipinski definition) is 1. The Hall–Kier alpha value is -1.36. The van der Waals surface area contributed by atoms with Gasteiger partial charge >= 0.3 is 0 Å². The van der Waals surface area contributed by atoms with E-state index in [9.17, 15) is 4.79 Å². The van der Waals surface area contributed by atoms with Gasteiger partial charge in [0, 0.05) is 32.1 Å². The molecule has 1 fully saturated rings. The number of nitrogens with one attached hydrogen (secondary N) is 1. The van der Waals surface area contributed by atoms with E-state index < -0.39 is 0 Å². The molecule has 5 heteroatoms. The highest BCUT2D eigenvalue weighted by Crippen LogP contribution is 2.24. The van der Waals surface area contributed by atoms with E-state index in [1.807, 2.05) is 6.92 Å². The average Bonchev–Trinajstić information content (AvgIpc) is 2.25. The zero-order valence-electron chi connectivity index (χ0n) is 9.64. The fourth-order valence-electron chi connectivity index (χ4n) is 1.86. The van der Waals surface area contributed by atoms with E-state index in [0.717, 1.165) is 12.8 Å². The van der Waals surface area contributed by atoms with Crippen molar-refractivity contribution < 1.29 is 4.74 Å². The van der Waals surface area contributed by atoms with Crippen LogP contribution in [0.1, 0.15) is 19.8 Å². The lowest BCUT2D eigenvalue weighted by atomic mass is 9.89. The first kappa shape index (κ1) is 11.1. The van der Waals surface area contributed by atoms with Crippen molar-refractivity contribution in [3.8, 4) is 0 Å². The topological polar surface area (TPSA) is 56.1 Å². The summed E-state index contributed by atoms with van der Waals surface area (Å²) in [5.74, 6) is 0.448. The first-order chi connectivity index (χ1) is 7.74. The van der Waals surface area contributed by atoms with Gasteiger partial charge in [-0.25, -0.2) is 4.98 Å². The van der Waals surface area contributed by atoms with Gasteiger partial charge in [-0.15, -0.1) is 0 Å². The number of hydrogen-bond acceptors (Lipinski definition) is 4. The molecule has 0 bridgehead atoms. The molecule has 0 aromatic carbocycles. The summed E-state index contributed by atoms with van der Waals surface area (Å²) in [5.41, 5.74) is -0.0501. The number of aryl methyl sites for hydroxylation is 1. The van der Waals surface area contributed by atoms with E-state index in [1.54, 1.807) is 24.1 Å². The van der Waals surface area contributed by atoms with Crippen LogP contribution in [0.5, 0.6) is 0 Å². The standard InChI is InChI=1S/C11H17N3O2/c1-3-14-5-4-12-10(11(14)15)13-8-6-9(7-8)16-2/h4-5,8-9H,3,6-7H2,1-2H3,(H,12,13). The Morgan fingerprint density at radius 1 is 1.62 bits per heavy atom. The van der Waals surface area contributed by atoms with Gasteiger partial charge in [0.25, 0.3) is 5.56 Å². The molecule has 1 aromatic heterocycles. The normalized spacial score (nSPS) is 23.9. The van der Waals surface area contributed by atoms with Gasteiger partial charge in [-0.3, -0.25) is 4.79 Å². The molecule has 1 N–H and O–H groups in total. The van der Waals surface area contributed by atoms with Crippen LogP contribution in [-0.2, 0) is 11.3 Å². The summed E-state index contributed by atoms with van der Waals surface area (Å²) in [5, 5.41) is 3.16. The SMILES string of the molecule is CCn1ccnc(NC2CC(OC)C2)c1=O. The van der Waals surface area contributed by atoms with E-state index in [0.29, 0.717) is 24.5 Å². The summed E-state index contributed by atoms with van der Waals surface area (Å²) in [4.78, 5) is 15.9. The van der Waals surface area contributed by atoms with Crippen LogP contribution < -0.4 is 10.9 Å². The summed E-state index contributed by atoms with van der Waals surface area (Å²) in [6, 6.07) is 0.317. The van der Waals surface area contributed by atoms with Crippen LogP contribution in [0.4, 0.5) is 5.82 Å². The summed E-state index contributed by atoms with van der Waals surface area (Å²) < 4.78 is 6.83. The van der Waals surface area contributed by atoms with Gasteiger partial charge in [-0.05, 0) is 19.8 Å². The number of nitrogens with zero attached hydrogens (tertiary/aromatic N) is 2. The summed E-state index contributed by atoms with van der Waals surface area (Å²) in [6.07, 6.45) is 5.57. The zero-order valence-corrected chi connectivity index (χ0v) is 9.64. The third-order valence-electron chi connectivity index (χ3n) is 3.02. The molecule has 88 valence electrons. The number of anilines is 1. The molecule has 0 amide bonds. The first-order valence-corrected chi connectivity index (χ1v) is 5.59. The smallest absolute Gasteiger partial charge is 0.293 e. The molecule has 1 aliphatic carbocycles. The van der Waals surface area contributed by atoms with E-state index in [4.69, 9.17) is 4.74 Å². The lowest BCUT2D eigenvalue weighted by Crippen LogP contribution is -2.42. The van der Waals surface area contributed by atoms with Gasteiger partial charge in [-0.2, -0.15) is 0 Å². The van der Waals surface area contributed by atoms with Crippen molar-refractivity contribution in [2.24, 2.45) is 0 Å². The fraction of sp³-hybridized carbons (Fsp3) is 0.636. The molecule has 5 nitrogen and oxygen atoms in total. The maximum Gasteiger partial charge on any atom is 0.293 e. The van der Waals surface area contributed by atoms with Crippen molar-refractivity contribution in [2.45, 2.75) is 38.5 Å². The summed E-state index contributed by atoms with van der Waals surface area (Å²) in [7, 11) is 1.71. The van der Waals surface area contributed by atoms with Crippen molar-refractivity contribution in [3.05, 3.63) is 22.7 Å². The Morgan fingerprint density at radius 3 is 3.00 bits per heavy atom. The fourth-order valence-corrected chi connectivity index (χ4v) is 1.86. The van der Waals surface area contributed by atoms with Crippen LogP contribution in [0.3, 0.4) is 0 Å². The molecule has 0 radical (unpaired) electrons. The number of aromatic nitrogens is 2. The number of methoxy groups -OCH3 is 1. The Labute approximate surface area is 94.5 Å². The van der Waals surface area contributed by atoms with Gasteiger partial charge in [0.15, 0.2) is 5.82 Å². The van der Waals surface area contributed by atoms with Crippen LogP contribution >= 0.6 is 0 Å². The summed E-state index contributed by atoms with van der Waals surface area (Å²) >= 11 is 0. The molecule has 1 saturated carbocycles. The monoisotopic (exact) mass is 223 g/mol. The highest BCUT2D eigenvalue weighted by molar-refractivity contribution is 5.33. The highest BCUT2D eigenvalue weighted by atomic mass is 16.5. The molecule has 1 heterocycles. The van der Waals surface area contributed by atoms with Crippen LogP contribution in [0.25, 0.3) is 0 Å². The molecular weight excluding hydrogens is 206 g/mol. The maximum absolute atomic E-state index is 11.8. The van der Waals surface area contributed by atoms with Crippen molar-refractivity contribution >= 4 is 5.82 Å². The quantitative estimate of drug-likeness (QED) is 0.822. The van der Waals surface area contributed by atoms with E-state index in [2.05, 4.69) is 10.3 Å². The predicted molar refractivity (Wildman–Crippen MR) is 61.6 cm³/mol. The van der Waals surface area contributed by atoms with Gasteiger partial charge in [-0.1, -0.05) is 0 Å². The Morgan fingerprint density at radius 2 is 2.38 bits per heavy atom. The maximum atomic E-state index is 11.8. The van der Waals surface area contributed by atoms with Gasteiger partial charge < -0.3 is 14.6 Å². The van der Waals surface area contributed by atoms with E-state index in [1.165, 1.54) is 0 Å². The molecular formula is C11H17N3O2. The number of ether oxygens (including phenoxy) is 1. The van der Waals surface area contributed by atoms with Crippen LogP contribution in [-0.4, -0.2) is 28.8 Å². The average molecular weight is 223 g/mol. The third-order valence-corrected chi connectivity index (χ3v) is 3.02. The third kappa shape index (κ3) is 2.09. The van der Waals surface area contributed by atoms with Crippen LogP contribution in [0.15, 0.2) is 17.2 Å². The molecule has 0 unspecified atom stereocenters. The Balaban J connectivity index is 2.03. The minimum absolute atomic E-state index is 0.0501. The zero-order chi connectivity index (χ0) is 11.5. The highest BCUT2D eigenvalue weighted by Gasteiger charge is 2.29. The van der Waals surface area contributed by atoms with Gasteiger partial charge in [0.2, 0.25) is 0 Å². The molecule has 0 saturated heterocycles. The molecule has 0 atom stereocenters. The molecule has 2 rings (SSSR count). The molecule has 0 aliphatic heterocycles. The second-order valence-electron chi connectivity index (χ2n) is 4.04. The second kappa shape index (κ2) is 4.65.